The molecule has 0 aromatic carbocycles. The van der Waals surface area contributed by atoms with Gasteiger partial charge in [0.2, 0.25) is 0 Å². The molecule has 255 valence electrons. The van der Waals surface area contributed by atoms with Gasteiger partial charge in [-0.2, -0.15) is 0 Å². The average molecular weight is 919 g/mol. The molecule has 0 spiro atoms. The topological polar surface area (TPSA) is 0 Å². The number of rotatable bonds is 41. The van der Waals surface area contributed by atoms with Crippen LogP contribution in [-0.2, 0) is 0 Å². The molecule has 0 aromatic rings. The van der Waals surface area contributed by atoms with Gasteiger partial charge in [-0.05, 0) is 0 Å². The molecule has 0 aliphatic heterocycles. The van der Waals surface area contributed by atoms with E-state index < -0.39 is 262 Å². The van der Waals surface area contributed by atoms with Gasteiger partial charge in [-0.3, -0.25) is 0 Å². The van der Waals surface area contributed by atoms with Gasteiger partial charge in [0, 0.05) is 602 Å². The maximum atomic E-state index is 7.09. The molecule has 0 amide bonds. The van der Waals surface area contributed by atoms with E-state index in [1.54, 1.807) is 0 Å². The van der Waals surface area contributed by atoms with Crippen molar-refractivity contribution in [2.24, 2.45) is 0 Å². The Balaban J connectivity index is 13.2. The molecule has 85 heteroatoms. The summed E-state index contributed by atoms with van der Waals surface area (Å²) in [5.74, 6) is 0. The van der Waals surface area contributed by atoms with Crippen molar-refractivity contribution in [3.05, 3.63) is 0 Å². The van der Waals surface area contributed by atoms with Crippen LogP contribution in [0.2, 0.25) is 0 Å². The minimum atomic E-state index is -2.01. The molecule has 0 saturated heterocycles. The van der Waals surface area contributed by atoms with E-state index in [9.17, 15) is 0 Å². The normalized spacial score (nSPS) is 9.79. The zero-order valence-corrected chi connectivity index (χ0v) is 49.1. The van der Waals surface area contributed by atoms with Crippen molar-refractivity contribution in [1.29, 1.82) is 0 Å². The lowest BCUT2D eigenvalue weighted by Crippen LogP contribution is -3.00. The zero-order chi connectivity index (χ0) is 67.4. The van der Waals surface area contributed by atoms with Gasteiger partial charge in [-0.25, -0.2) is 0 Å². The predicted molar refractivity (Wildman–Crippen MR) is 489 cm³/mol. The van der Waals surface area contributed by atoms with Crippen LogP contribution in [0.25, 0.3) is 0 Å². The van der Waals surface area contributed by atoms with Gasteiger partial charge in [0.1, 0.15) is 0 Å². The molecule has 0 unspecified atom stereocenters. The van der Waals surface area contributed by atoms with Crippen LogP contribution in [0.15, 0.2) is 0 Å². The lowest BCUT2D eigenvalue weighted by Gasteiger charge is -2.62. The minimum Gasteiger partial charge on any atom is 0 e. The molecule has 0 aliphatic carbocycles. The molecule has 0 fully saturated rings. The first kappa shape index (κ1) is 90.5. The first-order chi connectivity index (χ1) is 38.7. The number of hydrogen-bond donors (Lipinski definition) is 0. The first-order valence-corrected chi connectivity index (χ1v) is 28.0. The highest BCUT2D eigenvalue weighted by molar-refractivity contribution is 8.42. The average Bonchev–Trinajstić information content (AvgIpc) is 3.27. The quantitative estimate of drug-likeness (QED) is 0.0536. The van der Waals surface area contributed by atoms with Crippen LogP contribution < -0.4 is 0 Å². The molecule has 0 aliphatic rings. The fourth-order valence-corrected chi connectivity index (χ4v) is 15.1. The molecular formula is B85. The summed E-state index contributed by atoms with van der Waals surface area (Å²) in [5.41, 5.74) is 0. The van der Waals surface area contributed by atoms with Crippen LogP contribution in [-0.4, -0.2) is 602 Å². The molecule has 0 nitrogen and oxygen atoms in total. The van der Waals surface area contributed by atoms with Gasteiger partial charge >= 0.3 is 0 Å². The third-order valence-corrected chi connectivity index (χ3v) is 18.0. The smallest absolute Gasteiger partial charge is 0 e. The van der Waals surface area contributed by atoms with Crippen molar-refractivity contribution in [3.63, 3.8) is 0 Å². The monoisotopic (exact) mass is 936 g/mol. The summed E-state index contributed by atoms with van der Waals surface area (Å²) in [5, 5.41) is 0. The lowest BCUT2D eigenvalue weighted by atomic mass is 8.19. The Morgan fingerprint density at radius 1 is 0.106 bits per heavy atom. The zero-order valence-electron chi connectivity index (χ0n) is 49.1. The van der Waals surface area contributed by atoms with Gasteiger partial charge < -0.3 is 0 Å². The third-order valence-electron chi connectivity index (χ3n) is 18.0. The fraction of sp³-hybridized carbons (Fsp3) is 0. The highest BCUT2D eigenvalue weighted by Crippen LogP contribution is 2.28. The van der Waals surface area contributed by atoms with Crippen molar-refractivity contribution in [1.82, 2.24) is 0 Å². The summed E-state index contributed by atoms with van der Waals surface area (Å²) in [6.07, 6.45) is -70.5. The molecule has 85 heavy (non-hydrogen) atoms. The van der Waals surface area contributed by atoms with E-state index in [-0.39, 0.29) is 0 Å². The largest absolute Gasteiger partial charge is 0 e. The molecule has 0 rings (SSSR count). The predicted octanol–water partition coefficient (Wildman–Crippen LogP) is -32.4. The third kappa shape index (κ3) is 24.4. The van der Waals surface area contributed by atoms with E-state index in [1.807, 2.05) is 0 Å². The van der Waals surface area contributed by atoms with Crippen LogP contribution in [0.4, 0.5) is 0 Å². The fourth-order valence-electron chi connectivity index (χ4n) is 15.1. The van der Waals surface area contributed by atoms with Gasteiger partial charge in [0.15, 0.2) is 0 Å². The maximum Gasteiger partial charge on any atom is 0 e. The second-order valence-electron chi connectivity index (χ2n) is 23.9. The Bertz CT molecular complexity index is 1340. The van der Waals surface area contributed by atoms with Crippen molar-refractivity contribution >= 4 is 602 Å². The standard InChI is InChI=1S/B85/c1-44-66(45(2)3)77(67(46(4)5)47(6)7)82(76(64(40)41)65(42)43)85(83(78(68(48(8)9)49(10)11)69(50(12)13)51(14)15)79(70(52(16)17)53(18)19)71(54(20)21)55(22)23)84(80(72(56(24)25)57(26)27)73(58(28)29)59(30)31)81(74(60(32)33)61(34)35)75(62(36)37)63(38)39. The number of hydrogen-bond acceptors (Lipinski definition) is 0. The summed E-state index contributed by atoms with van der Waals surface area (Å²) in [4.78, 5) is 0. The Labute approximate surface area is 595 Å². The minimum absolute atomic E-state index is 1.07. The summed E-state index contributed by atoms with van der Waals surface area (Å²) >= 11 is 0. The van der Waals surface area contributed by atoms with Gasteiger partial charge in [0.05, 0.1) is 0 Å². The first-order valence-electron chi connectivity index (χ1n) is 28.0. The Kier molecular flexibility index (Phi) is 44.5. The van der Waals surface area contributed by atoms with Crippen molar-refractivity contribution in [3.8, 4) is 0 Å². The Morgan fingerprint density at radius 3 is 0.271 bits per heavy atom. The van der Waals surface area contributed by atoms with E-state index >= 15 is 0 Å². The lowest BCUT2D eigenvalue weighted by molar-refractivity contribution is 3.14. The second kappa shape index (κ2) is 41.8. The molecule has 0 atom stereocenters. The van der Waals surface area contributed by atoms with Crippen LogP contribution in [0.3, 0.4) is 0 Å². The van der Waals surface area contributed by atoms with Crippen molar-refractivity contribution in [2.45, 2.75) is 0 Å². The molecule has 0 saturated carbocycles. The van der Waals surface area contributed by atoms with Crippen LogP contribution >= 0.6 is 0 Å². The summed E-state index contributed by atoms with van der Waals surface area (Å²) < 4.78 is 0. The van der Waals surface area contributed by atoms with Gasteiger partial charge in [0.25, 0.3) is 0 Å². The van der Waals surface area contributed by atoms with Crippen LogP contribution in [0.1, 0.15) is 0 Å². The molecule has 0 heterocycles. The molecule has 0 aromatic heterocycles. The molecule has 87 radical (unpaired) electrons. The van der Waals surface area contributed by atoms with Gasteiger partial charge in [-0.1, -0.05) is 0 Å². The van der Waals surface area contributed by atoms with Crippen LogP contribution in [0.5, 0.6) is 0 Å². The van der Waals surface area contributed by atoms with Crippen molar-refractivity contribution < 1.29 is 0 Å². The van der Waals surface area contributed by atoms with Gasteiger partial charge in [-0.15, -0.1) is 0 Å². The highest BCUT2D eigenvalue weighted by atomic mass is 13.5. The van der Waals surface area contributed by atoms with Crippen molar-refractivity contribution in [2.75, 3.05) is 0 Å². The van der Waals surface area contributed by atoms with E-state index in [0.29, 0.717) is 0 Å². The summed E-state index contributed by atoms with van der Waals surface area (Å²) in [7, 11) is 299. The second-order valence-corrected chi connectivity index (χ2v) is 23.9. The van der Waals surface area contributed by atoms with E-state index in [4.69, 9.17) is 333 Å². The summed E-state index contributed by atoms with van der Waals surface area (Å²) in [6, 6.07) is 0. The molecular weight excluding hydrogens is 919 g/mol. The molecule has 0 N–H and O–H groups in total. The van der Waals surface area contributed by atoms with Crippen LogP contribution in [0, 0.1) is 0 Å². The van der Waals surface area contributed by atoms with E-state index in [2.05, 4.69) is 0 Å². The SMILES string of the molecule is [B][B]B(B([B])[B])B(B(B([B])[B])B([B])[B])B(B(B([B])[B])B([B])[B])B(B(B(B(B([B])[B])B([B])[B])B(B([B])[B])B([B])[B])B(B(B([B])[B])B([B])[B])B(B([B])[B])B([B])[B])B(B(B(B([B])[B])B([B])[B])B(B([B])[B])B([B])[B])B(B(B([B])[B])B([B])[B])B(B([B])[B])B([B])[B]. The summed E-state index contributed by atoms with van der Waals surface area (Å²) in [6.45, 7) is 0. The van der Waals surface area contributed by atoms with E-state index in [0.717, 1.165) is 7.06 Å². The molecule has 0 bridgehead atoms. The van der Waals surface area contributed by atoms with E-state index in [1.165, 1.54) is 0 Å². The Morgan fingerprint density at radius 2 is 0.188 bits per heavy atom. The highest BCUT2D eigenvalue weighted by Gasteiger charge is 2.66. The Hall–Kier alpha value is 5.52. The maximum absolute atomic E-state index is 7.09.